The van der Waals surface area contributed by atoms with Gasteiger partial charge in [0.25, 0.3) is 0 Å². The van der Waals surface area contributed by atoms with Gasteiger partial charge in [-0.05, 0) is 13.8 Å². The topological polar surface area (TPSA) is 18.5 Å². The summed E-state index contributed by atoms with van der Waals surface area (Å²) in [5.74, 6) is 0. The van der Waals surface area contributed by atoms with Crippen LogP contribution in [-0.4, -0.2) is 19.8 Å². The summed E-state index contributed by atoms with van der Waals surface area (Å²) < 4.78 is 10.5. The zero-order valence-corrected chi connectivity index (χ0v) is 5.89. The molecule has 1 aliphatic heterocycles. The summed E-state index contributed by atoms with van der Waals surface area (Å²) in [5, 5.41) is 0. The average molecular weight is 126 g/mol. The minimum Gasteiger partial charge on any atom is -0.405 e. The van der Waals surface area contributed by atoms with Gasteiger partial charge in [-0.1, -0.05) is 5.47 Å². The molecule has 1 saturated heterocycles. The zero-order valence-electron chi connectivity index (χ0n) is 5.89. The van der Waals surface area contributed by atoms with E-state index in [4.69, 9.17) is 9.31 Å². The normalized spacial score (nSPS) is 26.9. The van der Waals surface area contributed by atoms with Crippen molar-refractivity contribution in [1.29, 1.82) is 0 Å². The summed E-state index contributed by atoms with van der Waals surface area (Å²) in [6.45, 7) is 8.31. The smallest absolute Gasteiger partial charge is 0.405 e. The second kappa shape index (κ2) is 2.54. The Kier molecular flexibility index (Phi) is 1.93. The molecule has 0 N–H and O–H groups in total. The quantitative estimate of drug-likeness (QED) is 0.488. The van der Waals surface area contributed by atoms with Gasteiger partial charge < -0.3 is 9.31 Å². The van der Waals surface area contributed by atoms with Crippen molar-refractivity contribution in [3.63, 3.8) is 0 Å². The van der Waals surface area contributed by atoms with Crippen LogP contribution >= 0.6 is 0 Å². The molecule has 1 fully saturated rings. The first-order valence-corrected chi connectivity index (χ1v) is 3.12. The third-order valence-corrected chi connectivity index (χ3v) is 1.24. The first-order valence-electron chi connectivity index (χ1n) is 3.12. The lowest BCUT2D eigenvalue weighted by atomic mass is 9.81. The molecule has 1 unspecified atom stereocenters. The van der Waals surface area contributed by atoms with Crippen LogP contribution in [0.1, 0.15) is 13.8 Å². The highest BCUT2D eigenvalue weighted by Gasteiger charge is 2.28. The van der Waals surface area contributed by atoms with Crippen molar-refractivity contribution >= 4 is 7.12 Å². The molecule has 0 spiro atoms. The van der Waals surface area contributed by atoms with Crippen molar-refractivity contribution in [3.05, 3.63) is 12.1 Å². The number of hydrogen-bond acceptors (Lipinski definition) is 2. The fraction of sp³-hybridized carbons (Fsp3) is 0.667. The van der Waals surface area contributed by atoms with Crippen molar-refractivity contribution in [2.75, 3.05) is 6.61 Å². The van der Waals surface area contributed by atoms with E-state index in [-0.39, 0.29) is 13.2 Å². The van der Waals surface area contributed by atoms with Gasteiger partial charge in [-0.2, -0.15) is 0 Å². The van der Waals surface area contributed by atoms with Gasteiger partial charge in [0.05, 0.1) is 12.7 Å². The van der Waals surface area contributed by atoms with Crippen molar-refractivity contribution in [3.8, 4) is 0 Å². The highest BCUT2D eigenvalue weighted by atomic mass is 16.6. The highest BCUT2D eigenvalue weighted by molar-refractivity contribution is 6.53. The molecule has 50 valence electrons. The molecule has 0 radical (unpaired) electrons. The first kappa shape index (κ1) is 6.84. The second-order valence-electron chi connectivity index (χ2n) is 2.46. The monoisotopic (exact) mass is 126 g/mol. The van der Waals surface area contributed by atoms with Crippen molar-refractivity contribution < 1.29 is 9.31 Å². The average Bonchev–Trinajstić information content (AvgIpc) is 2.14. The third kappa shape index (κ3) is 1.56. The molecule has 1 aliphatic rings. The lowest BCUT2D eigenvalue weighted by Gasteiger charge is -2.01. The summed E-state index contributed by atoms with van der Waals surface area (Å²) in [5.41, 5.74) is 0.944. The maximum Gasteiger partial charge on any atom is 0.489 e. The standard InChI is InChI=1S/C6H11BO2/c1-5(2)7-8-4-6(3)9-7/h6H,1,4H2,2-3H3. The fourth-order valence-corrected chi connectivity index (χ4v) is 0.771. The van der Waals surface area contributed by atoms with E-state index in [0.29, 0.717) is 6.61 Å². The molecule has 0 aromatic heterocycles. The van der Waals surface area contributed by atoms with Crippen LogP contribution in [-0.2, 0) is 9.31 Å². The Labute approximate surface area is 56.0 Å². The Balaban J connectivity index is 2.39. The van der Waals surface area contributed by atoms with Crippen LogP contribution in [0.4, 0.5) is 0 Å². The number of allylic oxidation sites excluding steroid dienone is 1. The van der Waals surface area contributed by atoms with E-state index < -0.39 is 0 Å². The molecule has 0 bridgehead atoms. The molecule has 1 rings (SSSR count). The number of rotatable bonds is 1. The minimum atomic E-state index is -0.153. The van der Waals surface area contributed by atoms with E-state index >= 15 is 0 Å². The molecule has 1 heterocycles. The molecular formula is C6H11BO2. The minimum absolute atomic E-state index is 0.153. The van der Waals surface area contributed by atoms with Gasteiger partial charge >= 0.3 is 7.12 Å². The zero-order chi connectivity index (χ0) is 6.85. The van der Waals surface area contributed by atoms with E-state index in [9.17, 15) is 0 Å². The maximum atomic E-state index is 5.30. The Morgan fingerprint density at radius 2 is 2.44 bits per heavy atom. The van der Waals surface area contributed by atoms with Gasteiger partial charge in [0, 0.05) is 0 Å². The SMILES string of the molecule is C=C(C)B1OCC(C)O1. The van der Waals surface area contributed by atoms with Gasteiger partial charge in [0.1, 0.15) is 0 Å². The molecule has 2 nitrogen and oxygen atoms in total. The Bertz CT molecular complexity index is 124. The largest absolute Gasteiger partial charge is 0.489 e. The molecule has 0 aromatic rings. The van der Waals surface area contributed by atoms with Crippen LogP contribution < -0.4 is 0 Å². The highest BCUT2D eigenvalue weighted by Crippen LogP contribution is 2.11. The second-order valence-corrected chi connectivity index (χ2v) is 2.46. The molecule has 9 heavy (non-hydrogen) atoms. The van der Waals surface area contributed by atoms with Crippen LogP contribution in [0.3, 0.4) is 0 Å². The Morgan fingerprint density at radius 1 is 1.78 bits per heavy atom. The van der Waals surface area contributed by atoms with Gasteiger partial charge in [-0.25, -0.2) is 0 Å². The predicted octanol–water partition coefficient (Wildman–Crippen LogP) is 1.03. The van der Waals surface area contributed by atoms with E-state index in [1.54, 1.807) is 0 Å². The third-order valence-electron chi connectivity index (χ3n) is 1.24. The van der Waals surface area contributed by atoms with E-state index in [2.05, 4.69) is 6.58 Å². The fourth-order valence-electron chi connectivity index (χ4n) is 0.771. The predicted molar refractivity (Wildman–Crippen MR) is 37.1 cm³/mol. The van der Waals surface area contributed by atoms with Crippen LogP contribution in [0, 0.1) is 0 Å². The van der Waals surface area contributed by atoms with Crippen molar-refractivity contribution in [2.45, 2.75) is 20.0 Å². The van der Waals surface area contributed by atoms with Gasteiger partial charge in [-0.3, -0.25) is 0 Å². The first-order chi connectivity index (χ1) is 4.20. The molecular weight excluding hydrogens is 115 g/mol. The summed E-state index contributed by atoms with van der Waals surface area (Å²) in [6.07, 6.45) is 0.228. The van der Waals surface area contributed by atoms with Gasteiger partial charge in [0.15, 0.2) is 0 Å². The lowest BCUT2D eigenvalue weighted by Crippen LogP contribution is -2.16. The maximum absolute atomic E-state index is 5.30. The van der Waals surface area contributed by atoms with E-state index in [0.717, 1.165) is 5.47 Å². The molecule has 0 aromatic carbocycles. The summed E-state index contributed by atoms with van der Waals surface area (Å²) in [4.78, 5) is 0. The van der Waals surface area contributed by atoms with E-state index in [1.807, 2.05) is 13.8 Å². The van der Waals surface area contributed by atoms with Crippen LogP contribution in [0.25, 0.3) is 0 Å². The Morgan fingerprint density at radius 3 is 2.67 bits per heavy atom. The van der Waals surface area contributed by atoms with Crippen molar-refractivity contribution in [2.24, 2.45) is 0 Å². The van der Waals surface area contributed by atoms with E-state index in [1.165, 1.54) is 0 Å². The molecule has 3 heteroatoms. The van der Waals surface area contributed by atoms with Gasteiger partial charge in [-0.15, -0.1) is 6.58 Å². The lowest BCUT2D eigenvalue weighted by molar-refractivity contribution is 0.257. The summed E-state index contributed by atoms with van der Waals surface area (Å²) in [6, 6.07) is 0. The van der Waals surface area contributed by atoms with Gasteiger partial charge in [0.2, 0.25) is 0 Å². The van der Waals surface area contributed by atoms with Crippen molar-refractivity contribution in [1.82, 2.24) is 0 Å². The van der Waals surface area contributed by atoms with Crippen LogP contribution in [0.2, 0.25) is 0 Å². The number of hydrogen-bond donors (Lipinski definition) is 0. The molecule has 0 saturated carbocycles. The Hall–Kier alpha value is -0.275. The van der Waals surface area contributed by atoms with Crippen LogP contribution in [0.15, 0.2) is 12.1 Å². The van der Waals surface area contributed by atoms with Crippen LogP contribution in [0.5, 0.6) is 0 Å². The molecule has 0 amide bonds. The molecule has 1 atom stereocenters. The summed E-state index contributed by atoms with van der Waals surface area (Å²) in [7, 11) is -0.153. The molecule has 0 aliphatic carbocycles. The summed E-state index contributed by atoms with van der Waals surface area (Å²) >= 11 is 0.